The van der Waals surface area contributed by atoms with E-state index in [9.17, 15) is 0 Å². The maximum Gasteiger partial charge on any atom is 0.0599 e. The molecule has 2 rings (SSSR count). The second-order valence-corrected chi connectivity index (χ2v) is 4.25. The normalized spacial score (nSPS) is 10.6. The molecule has 1 aromatic carbocycles. The molecule has 0 aliphatic carbocycles. The van der Waals surface area contributed by atoms with Gasteiger partial charge in [0.05, 0.1) is 6.54 Å². The molecule has 2 aromatic rings. The number of fused-ring (bicyclic) bond motifs is 1. The van der Waals surface area contributed by atoms with Crippen molar-refractivity contribution in [3.63, 3.8) is 0 Å². The molecule has 0 amide bonds. The van der Waals surface area contributed by atoms with Gasteiger partial charge in [0.2, 0.25) is 0 Å². The fourth-order valence-corrected chi connectivity index (χ4v) is 1.89. The SMILES string of the molecule is C#CCN(C)CC(=C)c1cc2ccccc2[nH]1. The summed E-state index contributed by atoms with van der Waals surface area (Å²) in [5, 5.41) is 1.21. The Balaban J connectivity index is 2.17. The van der Waals surface area contributed by atoms with E-state index in [4.69, 9.17) is 6.42 Å². The van der Waals surface area contributed by atoms with Gasteiger partial charge < -0.3 is 4.98 Å². The van der Waals surface area contributed by atoms with Crippen molar-refractivity contribution in [2.24, 2.45) is 0 Å². The van der Waals surface area contributed by atoms with Crippen molar-refractivity contribution in [1.29, 1.82) is 0 Å². The first-order valence-corrected chi connectivity index (χ1v) is 5.58. The minimum absolute atomic E-state index is 0.638. The molecule has 0 aliphatic heterocycles. The summed E-state index contributed by atoms with van der Waals surface area (Å²) in [4.78, 5) is 5.43. The van der Waals surface area contributed by atoms with Crippen molar-refractivity contribution < 1.29 is 0 Å². The summed E-state index contributed by atoms with van der Waals surface area (Å²) in [5.41, 5.74) is 3.28. The van der Waals surface area contributed by atoms with E-state index in [1.165, 1.54) is 5.39 Å². The molecule has 0 unspecified atom stereocenters. The van der Waals surface area contributed by atoms with Crippen LogP contribution >= 0.6 is 0 Å². The highest BCUT2D eigenvalue weighted by Gasteiger charge is 2.05. The Hall–Kier alpha value is -1.98. The molecular weight excluding hydrogens is 208 g/mol. The van der Waals surface area contributed by atoms with E-state index in [1.54, 1.807) is 0 Å². The van der Waals surface area contributed by atoms with Crippen LogP contribution in [-0.4, -0.2) is 30.0 Å². The van der Waals surface area contributed by atoms with Crippen LogP contribution in [0.5, 0.6) is 0 Å². The van der Waals surface area contributed by atoms with E-state index in [-0.39, 0.29) is 0 Å². The monoisotopic (exact) mass is 224 g/mol. The minimum atomic E-state index is 0.638. The van der Waals surface area contributed by atoms with Gasteiger partial charge in [-0.1, -0.05) is 30.7 Å². The first-order valence-electron chi connectivity index (χ1n) is 5.58. The van der Waals surface area contributed by atoms with Crippen LogP contribution in [0.3, 0.4) is 0 Å². The first-order chi connectivity index (χ1) is 8.20. The van der Waals surface area contributed by atoms with Crippen LogP contribution in [-0.2, 0) is 0 Å². The topological polar surface area (TPSA) is 19.0 Å². The Kier molecular flexibility index (Phi) is 3.32. The molecule has 1 aromatic heterocycles. The molecule has 0 saturated carbocycles. The predicted molar refractivity (Wildman–Crippen MR) is 73.7 cm³/mol. The summed E-state index contributed by atoms with van der Waals surface area (Å²) >= 11 is 0. The molecule has 2 nitrogen and oxygen atoms in total. The maximum absolute atomic E-state index is 5.28. The van der Waals surface area contributed by atoms with E-state index in [0.29, 0.717) is 6.54 Å². The van der Waals surface area contributed by atoms with Gasteiger partial charge >= 0.3 is 0 Å². The standard InChI is InChI=1S/C15H16N2/c1-4-9-17(3)11-12(2)15-10-13-7-5-6-8-14(13)16-15/h1,5-8,10,16H,2,9,11H2,3H3. The molecule has 1 heterocycles. The highest BCUT2D eigenvalue weighted by Crippen LogP contribution is 2.19. The molecule has 2 heteroatoms. The van der Waals surface area contributed by atoms with E-state index >= 15 is 0 Å². The van der Waals surface area contributed by atoms with Crippen molar-refractivity contribution in [2.75, 3.05) is 20.1 Å². The number of rotatable bonds is 4. The van der Waals surface area contributed by atoms with Crippen LogP contribution in [0.15, 0.2) is 36.9 Å². The van der Waals surface area contributed by atoms with Crippen molar-refractivity contribution in [2.45, 2.75) is 0 Å². The molecule has 0 fully saturated rings. The van der Waals surface area contributed by atoms with Gasteiger partial charge in [-0.3, -0.25) is 4.90 Å². The van der Waals surface area contributed by atoms with Crippen molar-refractivity contribution >= 4 is 16.5 Å². The van der Waals surface area contributed by atoms with Crippen LogP contribution in [0, 0.1) is 12.3 Å². The van der Waals surface area contributed by atoms with Crippen LogP contribution in [0.4, 0.5) is 0 Å². The number of terminal acetylenes is 1. The number of aromatic nitrogens is 1. The van der Waals surface area contributed by atoms with Gasteiger partial charge in [-0.05, 0) is 30.1 Å². The molecular formula is C15H16N2. The summed E-state index contributed by atoms with van der Waals surface area (Å²) in [5.74, 6) is 2.63. The van der Waals surface area contributed by atoms with E-state index in [1.807, 2.05) is 19.2 Å². The van der Waals surface area contributed by atoms with Gasteiger partial charge in [-0.2, -0.15) is 0 Å². The molecule has 0 spiro atoms. The van der Waals surface area contributed by atoms with E-state index in [0.717, 1.165) is 23.3 Å². The number of H-pyrrole nitrogens is 1. The van der Waals surface area contributed by atoms with Gasteiger partial charge in [0.1, 0.15) is 0 Å². The fraction of sp³-hybridized carbons (Fsp3) is 0.200. The number of likely N-dealkylation sites (N-methyl/N-ethyl adjacent to an activating group) is 1. The zero-order valence-electron chi connectivity index (χ0n) is 10.0. The second kappa shape index (κ2) is 4.90. The number of nitrogens with one attached hydrogen (secondary N) is 1. The van der Waals surface area contributed by atoms with Gasteiger partial charge in [0, 0.05) is 17.8 Å². The van der Waals surface area contributed by atoms with E-state index < -0.39 is 0 Å². The van der Waals surface area contributed by atoms with Crippen LogP contribution < -0.4 is 0 Å². The van der Waals surface area contributed by atoms with Crippen molar-refractivity contribution in [3.05, 3.63) is 42.6 Å². The Bertz CT molecular complexity index is 539. The summed E-state index contributed by atoms with van der Waals surface area (Å²) in [6.07, 6.45) is 5.28. The lowest BCUT2D eigenvalue weighted by Gasteiger charge is -2.14. The van der Waals surface area contributed by atoms with Crippen LogP contribution in [0.1, 0.15) is 5.69 Å². The third-order valence-corrected chi connectivity index (χ3v) is 2.73. The van der Waals surface area contributed by atoms with E-state index in [2.05, 4.69) is 40.6 Å². The quantitative estimate of drug-likeness (QED) is 0.791. The number of benzene rings is 1. The summed E-state index contributed by atoms with van der Waals surface area (Å²) in [6, 6.07) is 10.3. The Labute approximate surface area is 102 Å². The molecule has 1 N–H and O–H groups in total. The van der Waals surface area contributed by atoms with Crippen LogP contribution in [0.2, 0.25) is 0 Å². The molecule has 17 heavy (non-hydrogen) atoms. The number of aromatic amines is 1. The predicted octanol–water partition coefficient (Wildman–Crippen LogP) is 2.75. The Morgan fingerprint density at radius 3 is 2.94 bits per heavy atom. The molecule has 0 radical (unpaired) electrons. The first kappa shape index (κ1) is 11.5. The highest BCUT2D eigenvalue weighted by atomic mass is 15.1. The lowest BCUT2D eigenvalue weighted by molar-refractivity contribution is 0.425. The lowest BCUT2D eigenvalue weighted by Crippen LogP contribution is -2.20. The largest absolute Gasteiger partial charge is 0.355 e. The molecule has 0 bridgehead atoms. The Morgan fingerprint density at radius 1 is 1.47 bits per heavy atom. The van der Waals surface area contributed by atoms with Crippen LogP contribution in [0.25, 0.3) is 16.5 Å². The maximum atomic E-state index is 5.28. The van der Waals surface area contributed by atoms with Crippen molar-refractivity contribution in [3.8, 4) is 12.3 Å². The third-order valence-electron chi connectivity index (χ3n) is 2.73. The summed E-state index contributed by atoms with van der Waals surface area (Å²) in [6.45, 7) is 5.51. The van der Waals surface area contributed by atoms with Gasteiger partial charge in [-0.25, -0.2) is 0 Å². The highest BCUT2D eigenvalue weighted by molar-refractivity contribution is 5.84. The smallest absolute Gasteiger partial charge is 0.0599 e. The van der Waals surface area contributed by atoms with Crippen molar-refractivity contribution in [1.82, 2.24) is 9.88 Å². The lowest BCUT2D eigenvalue weighted by atomic mass is 10.2. The number of para-hydroxylation sites is 1. The fourth-order valence-electron chi connectivity index (χ4n) is 1.89. The molecule has 0 saturated heterocycles. The average molecular weight is 224 g/mol. The third kappa shape index (κ3) is 2.58. The van der Waals surface area contributed by atoms with Gasteiger partial charge in [0.15, 0.2) is 0 Å². The second-order valence-electron chi connectivity index (χ2n) is 4.25. The zero-order chi connectivity index (χ0) is 12.3. The Morgan fingerprint density at radius 2 is 2.24 bits per heavy atom. The molecule has 86 valence electrons. The number of hydrogen-bond acceptors (Lipinski definition) is 1. The molecule has 0 atom stereocenters. The summed E-state index contributed by atoms with van der Waals surface area (Å²) < 4.78 is 0. The van der Waals surface area contributed by atoms with Gasteiger partial charge in [0.25, 0.3) is 0 Å². The minimum Gasteiger partial charge on any atom is -0.355 e. The average Bonchev–Trinajstić information content (AvgIpc) is 2.72. The molecule has 0 aliphatic rings. The van der Waals surface area contributed by atoms with Gasteiger partial charge in [-0.15, -0.1) is 6.42 Å². The summed E-state index contributed by atoms with van der Waals surface area (Å²) in [7, 11) is 1.99. The number of hydrogen-bond donors (Lipinski definition) is 1. The zero-order valence-corrected chi connectivity index (χ0v) is 10.0. The number of nitrogens with zero attached hydrogens (tertiary/aromatic N) is 1.